The van der Waals surface area contributed by atoms with Gasteiger partial charge >= 0.3 is 0 Å². The SMILES string of the molecule is CCCCCCOc1nsnc1C1=CCCN(CF)C1. The molecule has 6 heteroatoms. The standard InChI is InChI=1S/C14H22FN3OS/c1-2-3-4-5-9-19-14-13(16-20-17-14)12-7-6-8-18(10-12)11-15/h7H,2-6,8-11H2,1H3. The van der Waals surface area contributed by atoms with Gasteiger partial charge in [0.25, 0.3) is 5.88 Å². The van der Waals surface area contributed by atoms with Crippen molar-refractivity contribution in [2.24, 2.45) is 0 Å². The van der Waals surface area contributed by atoms with E-state index in [1.807, 2.05) is 0 Å². The van der Waals surface area contributed by atoms with Crippen molar-refractivity contribution >= 4 is 17.3 Å². The molecule has 2 rings (SSSR count). The number of rotatable bonds is 8. The fourth-order valence-corrected chi connectivity index (χ4v) is 2.78. The Kier molecular flexibility index (Phi) is 6.39. The first-order valence-corrected chi connectivity index (χ1v) is 8.01. The molecule has 0 saturated heterocycles. The van der Waals surface area contributed by atoms with Gasteiger partial charge in [0.05, 0.1) is 18.3 Å². The van der Waals surface area contributed by atoms with Crippen LogP contribution in [0.1, 0.15) is 44.7 Å². The van der Waals surface area contributed by atoms with E-state index in [1.165, 1.54) is 19.3 Å². The van der Waals surface area contributed by atoms with Crippen molar-refractivity contribution in [1.82, 2.24) is 13.6 Å². The highest BCUT2D eigenvalue weighted by Gasteiger charge is 2.19. The molecule has 0 amide bonds. The van der Waals surface area contributed by atoms with Crippen molar-refractivity contribution in [3.63, 3.8) is 0 Å². The number of unbranched alkanes of at least 4 members (excludes halogenated alkanes) is 3. The molecular formula is C14H22FN3OS. The van der Waals surface area contributed by atoms with Crippen molar-refractivity contribution in [3.05, 3.63) is 11.8 Å². The molecule has 2 heterocycles. The number of nitrogens with zero attached hydrogens (tertiary/aromatic N) is 3. The molecule has 1 aromatic rings. The number of ether oxygens (including phenoxy) is 1. The molecule has 0 aromatic carbocycles. The minimum atomic E-state index is -0.415. The summed E-state index contributed by atoms with van der Waals surface area (Å²) in [5.41, 5.74) is 1.83. The maximum Gasteiger partial charge on any atom is 0.253 e. The minimum Gasteiger partial charge on any atom is -0.475 e. The van der Waals surface area contributed by atoms with Crippen LogP contribution in [0.25, 0.3) is 5.57 Å². The molecule has 0 spiro atoms. The van der Waals surface area contributed by atoms with E-state index < -0.39 is 6.80 Å². The zero-order valence-electron chi connectivity index (χ0n) is 12.0. The van der Waals surface area contributed by atoms with Crippen LogP contribution >= 0.6 is 11.7 Å². The Morgan fingerprint density at radius 1 is 1.35 bits per heavy atom. The number of alkyl halides is 1. The Balaban J connectivity index is 1.89. The maximum absolute atomic E-state index is 12.7. The van der Waals surface area contributed by atoms with Crippen molar-refractivity contribution in [3.8, 4) is 5.88 Å². The van der Waals surface area contributed by atoms with Gasteiger partial charge in [-0.1, -0.05) is 32.3 Å². The van der Waals surface area contributed by atoms with Gasteiger partial charge in [-0.25, -0.2) is 4.39 Å². The summed E-state index contributed by atoms with van der Waals surface area (Å²) in [7, 11) is 0. The van der Waals surface area contributed by atoms with E-state index >= 15 is 0 Å². The van der Waals surface area contributed by atoms with Crippen LogP contribution in [-0.2, 0) is 0 Å². The highest BCUT2D eigenvalue weighted by molar-refractivity contribution is 6.99. The average molecular weight is 299 g/mol. The molecule has 0 unspecified atom stereocenters. The van der Waals surface area contributed by atoms with Crippen molar-refractivity contribution < 1.29 is 9.13 Å². The van der Waals surface area contributed by atoms with Crippen LogP contribution in [0.15, 0.2) is 6.08 Å². The molecule has 0 aliphatic carbocycles. The highest BCUT2D eigenvalue weighted by atomic mass is 32.1. The number of aromatic nitrogens is 2. The molecule has 0 atom stereocenters. The summed E-state index contributed by atoms with van der Waals surface area (Å²) in [4.78, 5) is 1.76. The molecule has 0 radical (unpaired) electrons. The van der Waals surface area contributed by atoms with Crippen molar-refractivity contribution in [2.45, 2.75) is 39.0 Å². The van der Waals surface area contributed by atoms with Crippen LogP contribution in [-0.4, -0.2) is 40.1 Å². The zero-order chi connectivity index (χ0) is 14.2. The van der Waals surface area contributed by atoms with Crippen LogP contribution in [0.2, 0.25) is 0 Å². The van der Waals surface area contributed by atoms with Gasteiger partial charge in [0.1, 0.15) is 12.5 Å². The van der Waals surface area contributed by atoms with E-state index in [4.69, 9.17) is 4.74 Å². The van der Waals surface area contributed by atoms with Gasteiger partial charge in [0.2, 0.25) is 0 Å². The fraction of sp³-hybridized carbons (Fsp3) is 0.714. The number of hydrogen-bond acceptors (Lipinski definition) is 5. The van der Waals surface area contributed by atoms with Gasteiger partial charge < -0.3 is 4.74 Å². The van der Waals surface area contributed by atoms with Crippen LogP contribution in [0, 0.1) is 0 Å². The van der Waals surface area contributed by atoms with Crippen LogP contribution < -0.4 is 4.74 Å². The van der Waals surface area contributed by atoms with E-state index in [0.717, 1.165) is 42.4 Å². The van der Waals surface area contributed by atoms with Crippen LogP contribution in [0.3, 0.4) is 0 Å². The summed E-state index contributed by atoms with van der Waals surface area (Å²) in [5.74, 6) is 0.610. The number of hydrogen-bond donors (Lipinski definition) is 0. The van der Waals surface area contributed by atoms with Gasteiger partial charge in [0.15, 0.2) is 0 Å². The molecule has 0 N–H and O–H groups in total. The summed E-state index contributed by atoms with van der Waals surface area (Å²) in [5, 5.41) is 0. The lowest BCUT2D eigenvalue weighted by molar-refractivity contribution is 0.204. The van der Waals surface area contributed by atoms with Crippen LogP contribution in [0.5, 0.6) is 5.88 Å². The topological polar surface area (TPSA) is 38.3 Å². The summed E-state index contributed by atoms with van der Waals surface area (Å²) < 4.78 is 27.0. The van der Waals surface area contributed by atoms with Crippen molar-refractivity contribution in [2.75, 3.05) is 26.5 Å². The molecule has 20 heavy (non-hydrogen) atoms. The summed E-state index contributed by atoms with van der Waals surface area (Å²) >= 11 is 1.16. The Morgan fingerprint density at radius 3 is 3.05 bits per heavy atom. The normalized spacial score (nSPS) is 16.2. The van der Waals surface area contributed by atoms with E-state index in [0.29, 0.717) is 19.0 Å². The predicted octanol–water partition coefficient (Wildman–Crippen LogP) is 3.51. The van der Waals surface area contributed by atoms with Gasteiger partial charge in [-0.15, -0.1) is 4.37 Å². The first-order valence-electron chi connectivity index (χ1n) is 7.28. The zero-order valence-corrected chi connectivity index (χ0v) is 12.8. The second-order valence-corrected chi connectivity index (χ2v) is 5.55. The Bertz CT molecular complexity index is 436. The Morgan fingerprint density at radius 2 is 2.25 bits per heavy atom. The minimum absolute atomic E-state index is 0.415. The monoisotopic (exact) mass is 299 g/mol. The summed E-state index contributed by atoms with van der Waals surface area (Å²) in [6.07, 6.45) is 7.65. The third kappa shape index (κ3) is 4.24. The molecule has 4 nitrogen and oxygen atoms in total. The molecular weight excluding hydrogens is 277 g/mol. The average Bonchev–Trinajstić information content (AvgIpc) is 2.95. The third-order valence-corrected chi connectivity index (χ3v) is 3.91. The lowest BCUT2D eigenvalue weighted by atomic mass is 10.1. The van der Waals surface area contributed by atoms with E-state index in [1.54, 1.807) is 4.90 Å². The van der Waals surface area contributed by atoms with Crippen LogP contribution in [0.4, 0.5) is 4.39 Å². The maximum atomic E-state index is 12.7. The largest absolute Gasteiger partial charge is 0.475 e. The van der Waals surface area contributed by atoms with Gasteiger partial charge in [-0.2, -0.15) is 4.37 Å². The first kappa shape index (κ1) is 15.4. The van der Waals surface area contributed by atoms with Gasteiger partial charge in [0, 0.05) is 13.1 Å². The van der Waals surface area contributed by atoms with Gasteiger partial charge in [-0.05, 0) is 18.4 Å². The quantitative estimate of drug-likeness (QED) is 0.544. The molecule has 1 aromatic heterocycles. The number of halogens is 1. The highest BCUT2D eigenvalue weighted by Crippen LogP contribution is 2.27. The molecule has 1 aliphatic rings. The lowest BCUT2D eigenvalue weighted by Crippen LogP contribution is -2.28. The third-order valence-electron chi connectivity index (χ3n) is 3.40. The Hall–Kier alpha value is -1.01. The molecule has 0 fully saturated rings. The summed E-state index contributed by atoms with van der Waals surface area (Å²) in [6.45, 7) is 3.81. The van der Waals surface area contributed by atoms with E-state index in [2.05, 4.69) is 21.7 Å². The fourth-order valence-electron chi connectivity index (χ4n) is 2.25. The Labute approximate surface area is 124 Å². The van der Waals surface area contributed by atoms with Gasteiger partial charge in [-0.3, -0.25) is 4.90 Å². The molecule has 0 bridgehead atoms. The van der Waals surface area contributed by atoms with E-state index in [-0.39, 0.29) is 0 Å². The molecule has 0 saturated carbocycles. The summed E-state index contributed by atoms with van der Waals surface area (Å²) in [6, 6.07) is 0. The second-order valence-electron chi connectivity index (χ2n) is 5.02. The molecule has 1 aliphatic heterocycles. The van der Waals surface area contributed by atoms with Crippen molar-refractivity contribution in [1.29, 1.82) is 0 Å². The predicted molar refractivity (Wildman–Crippen MR) is 79.7 cm³/mol. The molecule has 112 valence electrons. The second kappa shape index (κ2) is 8.32. The lowest BCUT2D eigenvalue weighted by Gasteiger charge is -2.23. The van der Waals surface area contributed by atoms with E-state index in [9.17, 15) is 4.39 Å². The first-order chi connectivity index (χ1) is 9.85. The smallest absolute Gasteiger partial charge is 0.253 e.